The first kappa shape index (κ1) is 48.4. The van der Waals surface area contributed by atoms with E-state index in [2.05, 4.69) is 53.1 Å². The largest absolute Gasteiger partial charge is 0.485 e. The van der Waals surface area contributed by atoms with Crippen LogP contribution in [0.1, 0.15) is 16.3 Å². The lowest BCUT2D eigenvalue weighted by Gasteiger charge is -2.11. The van der Waals surface area contributed by atoms with Gasteiger partial charge in [-0.3, -0.25) is 9.89 Å². The maximum absolute atomic E-state index is 14.1. The number of ketones is 1. The van der Waals surface area contributed by atoms with Crippen molar-refractivity contribution in [2.24, 2.45) is 0 Å². The van der Waals surface area contributed by atoms with Crippen LogP contribution in [-0.2, 0) is 17.8 Å². The molecule has 0 aliphatic carbocycles. The minimum Gasteiger partial charge on any atom is -0.485 e. The van der Waals surface area contributed by atoms with Crippen molar-refractivity contribution in [3.8, 4) is 16.3 Å². The number of benzene rings is 3. The molecule has 7 aromatic rings. The van der Waals surface area contributed by atoms with E-state index in [0.29, 0.717) is 44.6 Å². The number of thioether (sulfide) groups is 1. The number of aromatic nitrogens is 7. The van der Waals surface area contributed by atoms with Crippen LogP contribution in [0.5, 0.6) is 5.75 Å². The molecule has 310 valence electrons. The van der Waals surface area contributed by atoms with Crippen molar-refractivity contribution in [3.05, 3.63) is 119 Å². The second kappa shape index (κ2) is 24.9. The summed E-state index contributed by atoms with van der Waals surface area (Å²) in [5.74, 6) is 0.907. The topological polar surface area (TPSA) is 155 Å². The van der Waals surface area contributed by atoms with E-state index in [4.69, 9.17) is 80.7 Å². The third-order valence-electron chi connectivity index (χ3n) is 7.15. The number of carbonyl (C=O) groups is 1. The number of aryl methyl sites for hydroxylation is 1. The van der Waals surface area contributed by atoms with Crippen LogP contribution in [0, 0.1) is 21.5 Å². The van der Waals surface area contributed by atoms with Crippen molar-refractivity contribution < 1.29 is 19.0 Å². The summed E-state index contributed by atoms with van der Waals surface area (Å²) in [4.78, 5) is 32.5. The minimum atomic E-state index is -0.561. The molecule has 0 aliphatic heterocycles. The fraction of sp³-hybridized carbons (Fsp3) is 0.189. The van der Waals surface area contributed by atoms with Crippen LogP contribution in [0.3, 0.4) is 0 Å². The molecule has 11 nitrogen and oxygen atoms in total. The van der Waals surface area contributed by atoms with Crippen molar-refractivity contribution in [2.75, 3.05) is 29.8 Å². The molecule has 59 heavy (non-hydrogen) atoms. The molecule has 0 spiro atoms. The van der Waals surface area contributed by atoms with Crippen molar-refractivity contribution in [3.63, 3.8) is 0 Å². The van der Waals surface area contributed by atoms with E-state index in [1.807, 2.05) is 37.4 Å². The van der Waals surface area contributed by atoms with Gasteiger partial charge >= 0.3 is 0 Å². The number of aliphatic hydroxyl groups excluding tert-OH is 1. The number of alkyl halides is 1. The average Bonchev–Trinajstić information content (AvgIpc) is 3.84. The van der Waals surface area contributed by atoms with E-state index >= 15 is 0 Å². The van der Waals surface area contributed by atoms with Crippen molar-refractivity contribution in [1.82, 2.24) is 35.1 Å². The zero-order chi connectivity index (χ0) is 42.9. The van der Waals surface area contributed by atoms with Crippen LogP contribution in [0.15, 0.2) is 77.5 Å². The van der Waals surface area contributed by atoms with E-state index in [1.165, 1.54) is 23.7 Å². The lowest BCUT2D eigenvalue weighted by Crippen LogP contribution is -2.04. The van der Waals surface area contributed by atoms with E-state index in [-0.39, 0.29) is 40.4 Å². The minimum absolute atomic E-state index is 0.0527. The molecule has 0 fully saturated rings. The number of nitrogens with zero attached hydrogens (tertiary/aromatic N) is 5. The molecular formula is C37H33Cl4FN8O3S6. The van der Waals surface area contributed by atoms with E-state index in [0.717, 1.165) is 41.2 Å². The molecule has 0 unspecified atom stereocenters. The zero-order valence-corrected chi connectivity index (χ0v) is 38.8. The molecule has 4 N–H and O–H groups in total. The Labute approximate surface area is 386 Å². The Kier molecular flexibility index (Phi) is 20.4. The number of thiazole rings is 1. The predicted octanol–water partition coefficient (Wildman–Crippen LogP) is 11.8. The number of hydrogen-bond acceptors (Lipinski definition) is 15. The lowest BCUT2D eigenvalue weighted by molar-refractivity contribution is -0.116. The van der Waals surface area contributed by atoms with Crippen LogP contribution in [0.2, 0.25) is 15.1 Å². The molecule has 0 saturated carbocycles. The van der Waals surface area contributed by atoms with Crippen LogP contribution in [0.25, 0.3) is 21.5 Å². The number of rotatable bonds is 11. The molecule has 0 atom stereocenters. The van der Waals surface area contributed by atoms with Gasteiger partial charge in [0.15, 0.2) is 18.8 Å². The molecule has 0 saturated heterocycles. The van der Waals surface area contributed by atoms with Gasteiger partial charge in [-0.05, 0) is 85.6 Å². The molecule has 22 heteroatoms. The second-order valence-electron chi connectivity index (χ2n) is 11.4. The lowest BCUT2D eigenvalue weighted by atomic mass is 10.1. The van der Waals surface area contributed by atoms with Gasteiger partial charge in [0, 0.05) is 23.8 Å². The first-order chi connectivity index (χ1) is 28.3. The van der Waals surface area contributed by atoms with E-state index in [1.54, 1.807) is 53.6 Å². The highest BCUT2D eigenvalue weighted by Gasteiger charge is 2.13. The Balaban J connectivity index is 0.000000205. The summed E-state index contributed by atoms with van der Waals surface area (Å²) < 4.78 is 22.0. The smallest absolute Gasteiger partial charge is 0.197 e. The number of halogens is 5. The van der Waals surface area contributed by atoms with E-state index < -0.39 is 5.82 Å². The summed E-state index contributed by atoms with van der Waals surface area (Å²) in [6.45, 7) is 2.52. The van der Waals surface area contributed by atoms with Crippen molar-refractivity contribution in [1.29, 1.82) is 0 Å². The number of para-hydroxylation sites is 1. The number of thiol groups is 1. The van der Waals surface area contributed by atoms with Crippen molar-refractivity contribution >= 4 is 146 Å². The number of fused-ring (bicyclic) bond motifs is 1. The second-order valence-corrected chi connectivity index (χ2v) is 17.5. The molecule has 3 aromatic carbocycles. The summed E-state index contributed by atoms with van der Waals surface area (Å²) in [6.07, 6.45) is 5.23. The number of H-pyrrole nitrogens is 2. The van der Waals surface area contributed by atoms with Gasteiger partial charge in [-0.25, -0.2) is 24.3 Å². The monoisotopic (exact) mass is 988 g/mol. The number of carbonyl (C=O) groups excluding carboxylic acids is 1. The number of ether oxygens (including phenoxy) is 1. The van der Waals surface area contributed by atoms with Crippen LogP contribution in [-0.4, -0.2) is 70.5 Å². The highest BCUT2D eigenvalue weighted by atomic mass is 35.5. The number of aromatic amines is 2. The first-order valence-corrected chi connectivity index (χ1v) is 22.8. The van der Waals surface area contributed by atoms with Crippen LogP contribution < -0.4 is 10.1 Å². The summed E-state index contributed by atoms with van der Waals surface area (Å²) in [5.41, 5.74) is 3.40. The summed E-state index contributed by atoms with van der Waals surface area (Å²) >= 11 is 41.5. The summed E-state index contributed by atoms with van der Waals surface area (Å²) in [6, 6.07) is 17.1. The molecular weight excluding hydrogens is 958 g/mol. The Hall–Kier alpha value is -3.27. The third-order valence-corrected chi connectivity index (χ3v) is 12.1. The van der Waals surface area contributed by atoms with Gasteiger partial charge < -0.3 is 20.1 Å². The Morgan fingerprint density at radius 1 is 1.03 bits per heavy atom. The summed E-state index contributed by atoms with van der Waals surface area (Å²) in [5, 5.41) is 19.7. The van der Waals surface area contributed by atoms with Gasteiger partial charge in [-0.15, -0.1) is 22.9 Å². The average molecular weight is 991 g/mol. The molecule has 0 radical (unpaired) electrons. The maximum Gasteiger partial charge on any atom is 0.197 e. The molecule has 0 bridgehead atoms. The predicted molar refractivity (Wildman–Crippen MR) is 250 cm³/mol. The normalized spacial score (nSPS) is 10.4. The Bertz CT molecular complexity index is 2590. The molecule has 7 rings (SSSR count). The Morgan fingerprint density at radius 3 is 2.42 bits per heavy atom. The molecule has 0 amide bonds. The van der Waals surface area contributed by atoms with Gasteiger partial charge in [0.1, 0.15) is 35.3 Å². The number of nitrogens with one attached hydrogen (secondary N) is 3. The molecule has 4 aromatic heterocycles. The number of anilines is 2. The fourth-order valence-electron chi connectivity index (χ4n) is 4.60. The van der Waals surface area contributed by atoms with Gasteiger partial charge in [-0.1, -0.05) is 76.1 Å². The highest BCUT2D eigenvalue weighted by Crippen LogP contribution is 2.32. The maximum atomic E-state index is 14.1. The van der Waals surface area contributed by atoms with Gasteiger partial charge in [-0.2, -0.15) is 17.7 Å². The first-order valence-electron chi connectivity index (χ1n) is 16.8. The molecule has 4 heterocycles. The van der Waals surface area contributed by atoms with Gasteiger partial charge in [0.05, 0.1) is 55.0 Å². The fourth-order valence-corrected chi connectivity index (χ4v) is 7.83. The number of Topliss-reactive ketones (excluding diaryl/α,β-unsaturated/α-hetero) is 1. The quantitative estimate of drug-likeness (QED) is 0.0275. The SMILES string of the molecule is CSc1n[nH]c(=S)s1.Cc1nc(COc2ccccc2Cl)sc1-c1ccnc(=S)[nH]1.O=C(CCl)Cc1ccc2ncnc(Nc3cc(Cl)c(Cl)cc3F)c2c1.OCCS. The van der Waals surface area contributed by atoms with Crippen LogP contribution in [0.4, 0.5) is 15.9 Å². The number of aliphatic hydroxyl groups is 1. The number of hydrogen-bond donors (Lipinski definition) is 5. The van der Waals surface area contributed by atoms with E-state index in [9.17, 15) is 9.18 Å². The standard InChI is InChI=1S/C17H11Cl3FN3O.C15H12ClN3OS2.C3H4N2S3.C2H6OS/c18-7-10(25)3-9-1-2-15-11(4-9)17(23-8-22-15)24-16-6-13(20)12(19)5-14(16)21;1-9-14(11-6-7-17-15(21)19-11)22-13(18-9)8-20-12-5-3-2-4-10(12)16;1-7-3-5-4-2(6)8-3;3-1-2-4/h1-2,4-6,8H,3,7H2,(H,22,23,24);2-7H,8H2,1H3,(H,17,19,21);1H3,(H,4,6);3-4H,1-2H2. The molecule has 0 aliphatic rings. The highest BCUT2D eigenvalue weighted by molar-refractivity contribution is 8.00. The summed E-state index contributed by atoms with van der Waals surface area (Å²) in [7, 11) is 0. The van der Waals surface area contributed by atoms with Crippen LogP contribution >= 0.6 is 118 Å². The Morgan fingerprint density at radius 2 is 1.78 bits per heavy atom. The van der Waals surface area contributed by atoms with Gasteiger partial charge in [0.25, 0.3) is 0 Å². The zero-order valence-electron chi connectivity index (χ0n) is 30.8. The van der Waals surface area contributed by atoms with Crippen molar-refractivity contribution in [2.45, 2.75) is 24.3 Å². The van der Waals surface area contributed by atoms with Gasteiger partial charge in [0.2, 0.25) is 0 Å². The third kappa shape index (κ3) is 15.3.